The van der Waals surface area contributed by atoms with Crippen molar-refractivity contribution < 1.29 is 4.74 Å². The Labute approximate surface area is 124 Å². The van der Waals surface area contributed by atoms with Gasteiger partial charge < -0.3 is 10.1 Å². The first-order valence-corrected chi connectivity index (χ1v) is 8.05. The number of aromatic nitrogens is 1. The van der Waals surface area contributed by atoms with E-state index >= 15 is 0 Å². The normalized spacial score (nSPS) is 12.3. The number of ether oxygens (including phenoxy) is 1. The predicted molar refractivity (Wildman–Crippen MR) is 85.2 cm³/mol. The molecule has 1 rings (SSSR count). The molecule has 114 valence electrons. The summed E-state index contributed by atoms with van der Waals surface area (Å²) in [5, 5.41) is 3.56. The summed E-state index contributed by atoms with van der Waals surface area (Å²) < 4.78 is 5.38. The number of pyridine rings is 1. The molecule has 3 nitrogen and oxygen atoms in total. The van der Waals surface area contributed by atoms with E-state index < -0.39 is 0 Å². The number of hydrogen-bond acceptors (Lipinski definition) is 3. The van der Waals surface area contributed by atoms with Crippen LogP contribution in [0.1, 0.15) is 70.4 Å². The highest BCUT2D eigenvalue weighted by Gasteiger charge is 2.15. The zero-order chi connectivity index (χ0) is 14.6. The lowest BCUT2D eigenvalue weighted by atomic mass is 10.0. The van der Waals surface area contributed by atoms with Crippen LogP contribution in [0.2, 0.25) is 0 Å². The highest BCUT2D eigenvalue weighted by atomic mass is 16.5. The molecule has 1 unspecified atom stereocenters. The third kappa shape index (κ3) is 5.91. The molecule has 1 aromatic rings. The van der Waals surface area contributed by atoms with Gasteiger partial charge in [0.2, 0.25) is 5.88 Å². The van der Waals surface area contributed by atoms with Crippen LogP contribution in [-0.4, -0.2) is 18.6 Å². The van der Waals surface area contributed by atoms with Crippen molar-refractivity contribution >= 4 is 0 Å². The lowest BCUT2D eigenvalue weighted by Gasteiger charge is -2.20. The summed E-state index contributed by atoms with van der Waals surface area (Å²) in [6, 6.07) is 4.47. The summed E-state index contributed by atoms with van der Waals surface area (Å²) in [6.45, 7) is 5.38. The SMILES string of the molecule is CCCCCCCCC(NCC)c1cccnc1OC. The monoisotopic (exact) mass is 278 g/mol. The van der Waals surface area contributed by atoms with E-state index in [1.807, 2.05) is 6.07 Å². The lowest BCUT2D eigenvalue weighted by Crippen LogP contribution is -2.21. The highest BCUT2D eigenvalue weighted by Crippen LogP contribution is 2.26. The Morgan fingerprint density at radius 2 is 1.90 bits per heavy atom. The van der Waals surface area contributed by atoms with Crippen LogP contribution in [0.4, 0.5) is 0 Å². The highest BCUT2D eigenvalue weighted by molar-refractivity contribution is 5.28. The smallest absolute Gasteiger partial charge is 0.217 e. The Morgan fingerprint density at radius 3 is 2.60 bits per heavy atom. The fourth-order valence-electron chi connectivity index (χ4n) is 2.58. The summed E-state index contributed by atoms with van der Waals surface area (Å²) in [6.07, 6.45) is 10.9. The van der Waals surface area contributed by atoms with Crippen molar-refractivity contribution in [3.63, 3.8) is 0 Å². The van der Waals surface area contributed by atoms with E-state index in [2.05, 4.69) is 30.2 Å². The molecule has 1 atom stereocenters. The maximum absolute atomic E-state index is 5.38. The van der Waals surface area contributed by atoms with Crippen LogP contribution < -0.4 is 10.1 Å². The molecule has 0 amide bonds. The number of methoxy groups -OCH3 is 1. The molecular weight excluding hydrogens is 248 g/mol. The fraction of sp³-hybridized carbons (Fsp3) is 0.706. The van der Waals surface area contributed by atoms with Gasteiger partial charge in [0.15, 0.2) is 0 Å². The summed E-state index contributed by atoms with van der Waals surface area (Å²) in [4.78, 5) is 4.31. The van der Waals surface area contributed by atoms with Gasteiger partial charge in [0.05, 0.1) is 7.11 Å². The maximum atomic E-state index is 5.38. The standard InChI is InChI=1S/C17H30N2O/c1-4-6-7-8-9-10-13-16(18-5-2)15-12-11-14-19-17(15)20-3/h11-12,14,16,18H,4-10,13H2,1-3H3. The van der Waals surface area contributed by atoms with Gasteiger partial charge >= 0.3 is 0 Å². The molecule has 1 N–H and O–H groups in total. The van der Waals surface area contributed by atoms with E-state index in [1.165, 1.54) is 44.1 Å². The molecule has 0 aromatic carbocycles. The van der Waals surface area contributed by atoms with Crippen LogP contribution in [0.15, 0.2) is 18.3 Å². The van der Waals surface area contributed by atoms with Crippen molar-refractivity contribution in [2.45, 2.75) is 64.8 Å². The van der Waals surface area contributed by atoms with Gasteiger partial charge in [0, 0.05) is 17.8 Å². The number of hydrogen-bond donors (Lipinski definition) is 1. The Hall–Kier alpha value is -1.09. The molecule has 0 aliphatic carbocycles. The Kier molecular flexibility index (Phi) is 9.05. The number of nitrogens with zero attached hydrogens (tertiary/aromatic N) is 1. The molecule has 3 heteroatoms. The first-order chi connectivity index (χ1) is 9.83. The zero-order valence-electron chi connectivity index (χ0n) is 13.3. The van der Waals surface area contributed by atoms with Gasteiger partial charge in [-0.05, 0) is 19.0 Å². The van der Waals surface area contributed by atoms with Gasteiger partial charge in [0.25, 0.3) is 0 Å². The molecule has 0 radical (unpaired) electrons. The lowest BCUT2D eigenvalue weighted by molar-refractivity contribution is 0.377. The third-order valence-electron chi connectivity index (χ3n) is 3.67. The minimum Gasteiger partial charge on any atom is -0.481 e. The van der Waals surface area contributed by atoms with Gasteiger partial charge in [-0.3, -0.25) is 0 Å². The summed E-state index contributed by atoms with van der Waals surface area (Å²) in [5.74, 6) is 0.754. The van der Waals surface area contributed by atoms with Crippen LogP contribution in [0.5, 0.6) is 5.88 Å². The molecule has 0 bridgehead atoms. The van der Waals surface area contributed by atoms with E-state index in [-0.39, 0.29) is 0 Å². The van der Waals surface area contributed by atoms with E-state index in [9.17, 15) is 0 Å². The van der Waals surface area contributed by atoms with E-state index in [0.29, 0.717) is 6.04 Å². The second kappa shape index (κ2) is 10.7. The minimum absolute atomic E-state index is 0.356. The predicted octanol–water partition coefficient (Wildman–Crippen LogP) is 4.49. The largest absolute Gasteiger partial charge is 0.481 e. The third-order valence-corrected chi connectivity index (χ3v) is 3.67. The van der Waals surface area contributed by atoms with Crippen LogP contribution in [0.25, 0.3) is 0 Å². The molecule has 0 saturated heterocycles. The van der Waals surface area contributed by atoms with E-state index in [4.69, 9.17) is 4.74 Å². The number of rotatable bonds is 11. The quantitative estimate of drug-likeness (QED) is 0.605. The molecule has 0 aliphatic heterocycles. The zero-order valence-corrected chi connectivity index (χ0v) is 13.3. The molecule has 0 aliphatic rings. The first-order valence-electron chi connectivity index (χ1n) is 8.05. The van der Waals surface area contributed by atoms with E-state index in [1.54, 1.807) is 13.3 Å². The van der Waals surface area contributed by atoms with Gasteiger partial charge in [-0.25, -0.2) is 4.98 Å². The van der Waals surface area contributed by atoms with Crippen LogP contribution in [0.3, 0.4) is 0 Å². The van der Waals surface area contributed by atoms with Crippen molar-refractivity contribution in [3.8, 4) is 5.88 Å². The number of nitrogens with one attached hydrogen (secondary N) is 1. The molecule has 0 saturated carbocycles. The Bertz CT molecular complexity index is 355. The maximum Gasteiger partial charge on any atom is 0.217 e. The molecular formula is C17H30N2O. The van der Waals surface area contributed by atoms with E-state index in [0.717, 1.165) is 18.8 Å². The van der Waals surface area contributed by atoms with Crippen LogP contribution in [-0.2, 0) is 0 Å². The van der Waals surface area contributed by atoms with Crippen LogP contribution >= 0.6 is 0 Å². The van der Waals surface area contributed by atoms with Crippen molar-refractivity contribution in [3.05, 3.63) is 23.9 Å². The fourth-order valence-corrected chi connectivity index (χ4v) is 2.58. The van der Waals surface area contributed by atoms with Crippen molar-refractivity contribution in [2.24, 2.45) is 0 Å². The Balaban J connectivity index is 2.47. The second-order valence-corrected chi connectivity index (χ2v) is 5.27. The second-order valence-electron chi connectivity index (χ2n) is 5.27. The van der Waals surface area contributed by atoms with Crippen molar-refractivity contribution in [2.75, 3.05) is 13.7 Å². The molecule has 1 aromatic heterocycles. The minimum atomic E-state index is 0.356. The topological polar surface area (TPSA) is 34.2 Å². The van der Waals surface area contributed by atoms with Crippen molar-refractivity contribution in [1.82, 2.24) is 10.3 Å². The molecule has 0 fully saturated rings. The summed E-state index contributed by atoms with van der Waals surface area (Å²) in [5.41, 5.74) is 1.19. The Morgan fingerprint density at radius 1 is 1.15 bits per heavy atom. The summed E-state index contributed by atoms with van der Waals surface area (Å²) in [7, 11) is 1.69. The average molecular weight is 278 g/mol. The first kappa shape index (κ1) is 17.0. The van der Waals surface area contributed by atoms with Gasteiger partial charge in [-0.1, -0.05) is 58.4 Å². The van der Waals surface area contributed by atoms with Crippen LogP contribution in [0, 0.1) is 0 Å². The number of unbranched alkanes of at least 4 members (excludes halogenated alkanes) is 5. The van der Waals surface area contributed by atoms with Gasteiger partial charge in [0.1, 0.15) is 0 Å². The van der Waals surface area contributed by atoms with Gasteiger partial charge in [-0.2, -0.15) is 0 Å². The molecule has 0 spiro atoms. The van der Waals surface area contributed by atoms with Gasteiger partial charge in [-0.15, -0.1) is 0 Å². The van der Waals surface area contributed by atoms with Crippen molar-refractivity contribution in [1.29, 1.82) is 0 Å². The average Bonchev–Trinajstić information content (AvgIpc) is 2.49. The summed E-state index contributed by atoms with van der Waals surface area (Å²) >= 11 is 0. The molecule has 1 heterocycles. The molecule has 20 heavy (non-hydrogen) atoms.